The highest BCUT2D eigenvalue weighted by Gasteiger charge is 2.29. The van der Waals surface area contributed by atoms with E-state index in [4.69, 9.17) is 4.74 Å². The Kier molecular flexibility index (Phi) is 5.09. The van der Waals surface area contributed by atoms with Crippen LogP contribution >= 0.6 is 11.3 Å². The quantitative estimate of drug-likeness (QED) is 0.760. The minimum Gasteiger partial charge on any atom is -0.444 e. The van der Waals surface area contributed by atoms with Gasteiger partial charge >= 0.3 is 6.09 Å². The average molecular weight is 333 g/mol. The number of likely N-dealkylation sites (N-methyl/N-ethyl adjacent to an activating group) is 1. The number of Topliss-reactive ketones (excluding diaryl/α,β-unsaturated/α-hetero) is 1. The van der Waals surface area contributed by atoms with E-state index in [-0.39, 0.29) is 5.78 Å². The van der Waals surface area contributed by atoms with Crippen LogP contribution in [0.5, 0.6) is 0 Å². The van der Waals surface area contributed by atoms with Crippen LogP contribution in [0.3, 0.4) is 0 Å². The lowest BCUT2D eigenvalue weighted by Crippen LogP contribution is -2.45. The van der Waals surface area contributed by atoms with Crippen LogP contribution in [0.15, 0.2) is 29.6 Å². The smallest absolute Gasteiger partial charge is 0.410 e. The molecule has 0 bridgehead atoms. The maximum absolute atomic E-state index is 12.7. The summed E-state index contributed by atoms with van der Waals surface area (Å²) >= 11 is 1.64. The first kappa shape index (κ1) is 17.5. The van der Waals surface area contributed by atoms with E-state index < -0.39 is 17.7 Å². The molecule has 1 aromatic heterocycles. The molecule has 0 N–H and O–H groups in total. The largest absolute Gasteiger partial charge is 0.444 e. The number of carbonyl (C=O) groups excluding carboxylic acids is 2. The molecular formula is C18H23NO3S. The fraction of sp³-hybridized carbons (Fsp3) is 0.444. The first-order valence-electron chi connectivity index (χ1n) is 7.74. The van der Waals surface area contributed by atoms with Crippen LogP contribution in [0.25, 0.3) is 10.1 Å². The standard InChI is InChI=1S/C18H23NO3S/c1-6-19(17(21)22-18(3,4)5)12(2)16(20)14-7-8-15-13(11-14)9-10-23-15/h7-12H,6H2,1-5H3. The highest BCUT2D eigenvalue weighted by Crippen LogP contribution is 2.23. The molecule has 1 heterocycles. The van der Waals surface area contributed by atoms with Gasteiger partial charge in [0.05, 0.1) is 6.04 Å². The lowest BCUT2D eigenvalue weighted by Gasteiger charge is -2.30. The zero-order valence-electron chi connectivity index (χ0n) is 14.3. The third-order valence-electron chi connectivity index (χ3n) is 3.55. The third kappa shape index (κ3) is 4.10. The SMILES string of the molecule is CCN(C(=O)OC(C)(C)C)C(C)C(=O)c1ccc2sccc2c1. The molecule has 5 heteroatoms. The van der Waals surface area contributed by atoms with Crippen molar-refractivity contribution in [1.82, 2.24) is 4.90 Å². The molecule has 0 aliphatic carbocycles. The second kappa shape index (κ2) is 6.71. The molecule has 124 valence electrons. The van der Waals surface area contributed by atoms with Crippen molar-refractivity contribution < 1.29 is 14.3 Å². The fourth-order valence-electron chi connectivity index (χ4n) is 2.38. The maximum atomic E-state index is 12.7. The molecule has 2 rings (SSSR count). The van der Waals surface area contributed by atoms with E-state index in [0.29, 0.717) is 12.1 Å². The molecule has 1 unspecified atom stereocenters. The predicted octanol–water partition coefficient (Wildman–Crippen LogP) is 4.73. The topological polar surface area (TPSA) is 46.6 Å². The Labute approximate surface area is 141 Å². The van der Waals surface area contributed by atoms with Crippen molar-refractivity contribution in [2.75, 3.05) is 6.54 Å². The Hall–Kier alpha value is -1.88. The van der Waals surface area contributed by atoms with Crippen LogP contribution in [0.1, 0.15) is 45.0 Å². The second-order valence-electron chi connectivity index (χ2n) is 6.48. The van der Waals surface area contributed by atoms with Crippen molar-refractivity contribution >= 4 is 33.3 Å². The van der Waals surface area contributed by atoms with Crippen molar-refractivity contribution in [2.45, 2.75) is 46.3 Å². The van der Waals surface area contributed by atoms with E-state index in [9.17, 15) is 9.59 Å². The third-order valence-corrected chi connectivity index (χ3v) is 4.45. The Morgan fingerprint density at radius 1 is 1.26 bits per heavy atom. The summed E-state index contributed by atoms with van der Waals surface area (Å²) in [5.41, 5.74) is 0.0356. The summed E-state index contributed by atoms with van der Waals surface area (Å²) in [5, 5.41) is 3.05. The second-order valence-corrected chi connectivity index (χ2v) is 7.43. The number of carbonyl (C=O) groups is 2. The molecule has 1 amide bonds. The Bertz CT molecular complexity index is 714. The van der Waals surface area contributed by atoms with Gasteiger partial charge in [-0.2, -0.15) is 0 Å². The van der Waals surface area contributed by atoms with Crippen molar-refractivity contribution in [3.8, 4) is 0 Å². The maximum Gasteiger partial charge on any atom is 0.410 e. The summed E-state index contributed by atoms with van der Waals surface area (Å²) in [5.74, 6) is -0.0780. The molecule has 23 heavy (non-hydrogen) atoms. The Morgan fingerprint density at radius 3 is 2.57 bits per heavy atom. The van der Waals surface area contributed by atoms with Crippen molar-refractivity contribution in [2.24, 2.45) is 0 Å². The number of benzene rings is 1. The van der Waals surface area contributed by atoms with E-state index in [1.54, 1.807) is 18.3 Å². The molecule has 0 spiro atoms. The van der Waals surface area contributed by atoms with Crippen molar-refractivity contribution in [3.05, 3.63) is 35.2 Å². The highest BCUT2D eigenvalue weighted by atomic mass is 32.1. The number of rotatable bonds is 4. The number of fused-ring (bicyclic) bond motifs is 1. The van der Waals surface area contributed by atoms with Crippen molar-refractivity contribution in [1.29, 1.82) is 0 Å². The molecule has 0 aliphatic heterocycles. The van der Waals surface area contributed by atoms with E-state index >= 15 is 0 Å². The molecule has 1 atom stereocenters. The van der Waals surface area contributed by atoms with Gasteiger partial charge in [0.25, 0.3) is 0 Å². The number of amides is 1. The zero-order chi connectivity index (χ0) is 17.2. The Balaban J connectivity index is 2.20. The zero-order valence-corrected chi connectivity index (χ0v) is 15.1. The summed E-state index contributed by atoms with van der Waals surface area (Å²) in [6, 6.07) is 7.08. The summed E-state index contributed by atoms with van der Waals surface area (Å²) in [6.45, 7) is 9.45. The molecule has 0 aliphatic rings. The predicted molar refractivity (Wildman–Crippen MR) is 94.2 cm³/mol. The molecule has 0 fully saturated rings. The van der Waals surface area contributed by atoms with Gasteiger partial charge in [-0.05, 0) is 69.7 Å². The average Bonchev–Trinajstić information content (AvgIpc) is 2.92. The number of hydrogen-bond donors (Lipinski definition) is 0. The van der Waals surface area contributed by atoms with Gasteiger partial charge in [-0.3, -0.25) is 9.69 Å². The van der Waals surface area contributed by atoms with Crippen LogP contribution in [-0.4, -0.2) is 35.0 Å². The number of hydrogen-bond acceptors (Lipinski definition) is 4. The highest BCUT2D eigenvalue weighted by molar-refractivity contribution is 7.17. The van der Waals surface area contributed by atoms with Gasteiger partial charge in [0.2, 0.25) is 0 Å². The van der Waals surface area contributed by atoms with Crippen LogP contribution in [0, 0.1) is 0 Å². The summed E-state index contributed by atoms with van der Waals surface area (Å²) in [4.78, 5) is 26.5. The van der Waals surface area contributed by atoms with Gasteiger partial charge in [-0.15, -0.1) is 11.3 Å². The van der Waals surface area contributed by atoms with Crippen LogP contribution < -0.4 is 0 Å². The lowest BCUT2D eigenvalue weighted by molar-refractivity contribution is 0.0186. The van der Waals surface area contributed by atoms with Crippen LogP contribution in [0.2, 0.25) is 0 Å². The molecule has 0 saturated carbocycles. The monoisotopic (exact) mass is 333 g/mol. The lowest BCUT2D eigenvalue weighted by atomic mass is 10.0. The van der Waals surface area contributed by atoms with Gasteiger partial charge in [-0.25, -0.2) is 4.79 Å². The fourth-order valence-corrected chi connectivity index (χ4v) is 3.16. The summed E-state index contributed by atoms with van der Waals surface area (Å²) in [6.07, 6.45) is -0.461. The van der Waals surface area contributed by atoms with E-state index in [2.05, 4.69) is 0 Å². The van der Waals surface area contributed by atoms with E-state index in [1.165, 1.54) is 4.90 Å². The first-order valence-corrected chi connectivity index (χ1v) is 8.62. The van der Waals surface area contributed by atoms with Crippen molar-refractivity contribution in [3.63, 3.8) is 0 Å². The van der Waals surface area contributed by atoms with Crippen LogP contribution in [0.4, 0.5) is 4.79 Å². The molecule has 1 aromatic carbocycles. The molecule has 0 saturated heterocycles. The van der Waals surface area contributed by atoms with Gasteiger partial charge in [0.1, 0.15) is 5.60 Å². The number of ether oxygens (including phenoxy) is 1. The van der Waals surface area contributed by atoms with Gasteiger partial charge < -0.3 is 4.74 Å². The Morgan fingerprint density at radius 2 is 1.96 bits per heavy atom. The summed E-state index contributed by atoms with van der Waals surface area (Å²) in [7, 11) is 0. The number of ketones is 1. The molecule has 4 nitrogen and oxygen atoms in total. The van der Waals surface area contributed by atoms with Crippen LogP contribution in [-0.2, 0) is 4.74 Å². The van der Waals surface area contributed by atoms with Gasteiger partial charge in [-0.1, -0.05) is 0 Å². The normalized spacial score (nSPS) is 12.9. The minimum absolute atomic E-state index is 0.0780. The first-order chi connectivity index (χ1) is 10.7. The van der Waals surface area contributed by atoms with Gasteiger partial charge in [0.15, 0.2) is 5.78 Å². The molecular weight excluding hydrogens is 310 g/mol. The number of nitrogens with zero attached hydrogens (tertiary/aromatic N) is 1. The van der Waals surface area contributed by atoms with E-state index in [1.807, 2.05) is 57.3 Å². The summed E-state index contributed by atoms with van der Waals surface area (Å²) < 4.78 is 6.54. The molecule has 0 radical (unpaired) electrons. The van der Waals surface area contributed by atoms with Gasteiger partial charge in [0, 0.05) is 16.8 Å². The minimum atomic E-state index is -0.580. The number of thiophene rings is 1. The van der Waals surface area contributed by atoms with E-state index in [0.717, 1.165) is 10.1 Å². The molecule has 2 aromatic rings.